The zero-order valence-electron chi connectivity index (χ0n) is 14.4. The molecule has 2 N–H and O–H groups in total. The number of urea groups is 1. The Labute approximate surface area is 177 Å². The van der Waals surface area contributed by atoms with Crippen molar-refractivity contribution >= 4 is 65.0 Å². The van der Waals surface area contributed by atoms with Crippen LogP contribution in [0.3, 0.4) is 0 Å². The molecule has 0 radical (unpaired) electrons. The highest BCUT2D eigenvalue weighted by Gasteiger charge is 2.15. The fraction of sp³-hybridized carbons (Fsp3) is 0. The van der Waals surface area contributed by atoms with E-state index in [-0.39, 0.29) is 5.91 Å². The van der Waals surface area contributed by atoms with Gasteiger partial charge in [-0.05, 0) is 48.5 Å². The van der Waals surface area contributed by atoms with Gasteiger partial charge in [-0.15, -0.1) is 0 Å². The number of rotatable bonds is 4. The lowest BCUT2D eigenvalue weighted by molar-refractivity contribution is 0.102. The smallest absolute Gasteiger partial charge is 0.322 e. The van der Waals surface area contributed by atoms with Crippen molar-refractivity contribution < 1.29 is 9.59 Å². The van der Waals surface area contributed by atoms with E-state index in [9.17, 15) is 9.59 Å². The number of thiol groups is 1. The molecular formula is C20H15Cl2N3O2S. The van der Waals surface area contributed by atoms with E-state index < -0.39 is 6.03 Å². The topological polar surface area (TPSA) is 61.4 Å². The number of para-hydroxylation sites is 1. The van der Waals surface area contributed by atoms with E-state index in [2.05, 4.69) is 23.4 Å². The van der Waals surface area contributed by atoms with Crippen molar-refractivity contribution in [3.63, 3.8) is 0 Å². The first kappa shape index (κ1) is 20.1. The van der Waals surface area contributed by atoms with Gasteiger partial charge in [0.15, 0.2) is 0 Å². The Morgan fingerprint density at radius 2 is 1.46 bits per heavy atom. The van der Waals surface area contributed by atoms with Crippen molar-refractivity contribution in [3.8, 4) is 0 Å². The first-order valence-electron chi connectivity index (χ1n) is 8.15. The quantitative estimate of drug-likeness (QED) is 0.435. The SMILES string of the molecule is O=C(Nc1ccccc1)c1cccc(N(S)C(=O)Nc2cc(Cl)cc(Cl)c2)c1. The van der Waals surface area contributed by atoms with Crippen LogP contribution in [0.5, 0.6) is 0 Å². The monoisotopic (exact) mass is 431 g/mol. The lowest BCUT2D eigenvalue weighted by atomic mass is 10.2. The molecule has 0 saturated carbocycles. The molecule has 0 heterocycles. The molecular weight excluding hydrogens is 417 g/mol. The van der Waals surface area contributed by atoms with Crippen LogP contribution in [0.4, 0.5) is 21.9 Å². The van der Waals surface area contributed by atoms with E-state index in [1.165, 1.54) is 0 Å². The van der Waals surface area contributed by atoms with Crippen LogP contribution in [0.15, 0.2) is 72.8 Å². The van der Waals surface area contributed by atoms with Crippen molar-refractivity contribution in [1.82, 2.24) is 0 Å². The molecule has 3 aromatic carbocycles. The summed E-state index contributed by atoms with van der Waals surface area (Å²) < 4.78 is 1.09. The maximum absolute atomic E-state index is 12.5. The highest BCUT2D eigenvalue weighted by atomic mass is 35.5. The number of anilines is 3. The van der Waals surface area contributed by atoms with Crippen LogP contribution in [0.1, 0.15) is 10.4 Å². The minimum Gasteiger partial charge on any atom is -0.322 e. The average molecular weight is 432 g/mol. The summed E-state index contributed by atoms with van der Waals surface area (Å²) in [5.41, 5.74) is 1.92. The van der Waals surface area contributed by atoms with E-state index in [4.69, 9.17) is 23.2 Å². The van der Waals surface area contributed by atoms with Crippen LogP contribution in [0, 0.1) is 0 Å². The minimum atomic E-state index is -0.526. The molecule has 0 aliphatic carbocycles. The summed E-state index contributed by atoms with van der Waals surface area (Å²) in [5.74, 6) is -0.295. The number of amides is 3. The first-order valence-corrected chi connectivity index (χ1v) is 9.30. The van der Waals surface area contributed by atoms with Crippen molar-refractivity contribution in [2.75, 3.05) is 14.9 Å². The second-order valence-corrected chi connectivity index (χ2v) is 7.04. The van der Waals surface area contributed by atoms with Crippen LogP contribution < -0.4 is 14.9 Å². The lowest BCUT2D eigenvalue weighted by Gasteiger charge is -2.17. The molecule has 3 amide bonds. The molecule has 0 aromatic heterocycles. The molecule has 142 valence electrons. The third-order valence-electron chi connectivity index (χ3n) is 3.69. The molecule has 0 aliphatic rings. The number of nitrogens with zero attached hydrogens (tertiary/aromatic N) is 1. The van der Waals surface area contributed by atoms with Crippen molar-refractivity contribution in [1.29, 1.82) is 0 Å². The Hall–Kier alpha value is -2.67. The van der Waals surface area contributed by atoms with Gasteiger partial charge in [0.1, 0.15) is 0 Å². The Balaban J connectivity index is 1.73. The zero-order chi connectivity index (χ0) is 20.1. The molecule has 0 aliphatic heterocycles. The lowest BCUT2D eigenvalue weighted by Crippen LogP contribution is -2.27. The molecule has 0 bridgehead atoms. The zero-order valence-corrected chi connectivity index (χ0v) is 16.8. The predicted molar refractivity (Wildman–Crippen MR) is 118 cm³/mol. The number of carbonyl (C=O) groups is 2. The van der Waals surface area contributed by atoms with Crippen LogP contribution in [0.2, 0.25) is 10.0 Å². The standard InChI is InChI=1S/C20H15Cl2N3O2S/c21-14-10-15(22)12-17(11-14)24-20(27)25(28)18-8-4-5-13(9-18)19(26)23-16-6-2-1-3-7-16/h1-12,28H,(H,23,26)(H,24,27). The molecule has 0 atom stereocenters. The number of hydrogen-bond donors (Lipinski definition) is 3. The minimum absolute atomic E-state index is 0.295. The van der Waals surface area contributed by atoms with E-state index in [0.717, 1.165) is 4.31 Å². The number of nitrogens with one attached hydrogen (secondary N) is 2. The van der Waals surface area contributed by atoms with E-state index in [1.807, 2.05) is 18.2 Å². The molecule has 3 rings (SSSR count). The molecule has 5 nitrogen and oxygen atoms in total. The van der Waals surface area contributed by atoms with Gasteiger partial charge in [-0.3, -0.25) is 4.79 Å². The summed E-state index contributed by atoms with van der Waals surface area (Å²) in [6.07, 6.45) is 0. The van der Waals surface area contributed by atoms with Crippen LogP contribution in [0.25, 0.3) is 0 Å². The van der Waals surface area contributed by atoms with Gasteiger partial charge in [-0.1, -0.05) is 60.3 Å². The van der Waals surface area contributed by atoms with E-state index >= 15 is 0 Å². The number of carbonyl (C=O) groups excluding carboxylic acids is 2. The summed E-state index contributed by atoms with van der Waals surface area (Å²) in [4.78, 5) is 24.9. The maximum atomic E-state index is 12.5. The molecule has 8 heteroatoms. The van der Waals surface area contributed by atoms with Gasteiger partial charge in [0, 0.05) is 27.0 Å². The molecule has 0 spiro atoms. The van der Waals surface area contributed by atoms with Gasteiger partial charge < -0.3 is 10.6 Å². The molecule has 3 aromatic rings. The van der Waals surface area contributed by atoms with Crippen molar-refractivity contribution in [3.05, 3.63) is 88.4 Å². The van der Waals surface area contributed by atoms with Gasteiger partial charge in [0.2, 0.25) is 0 Å². The maximum Gasteiger partial charge on any atom is 0.336 e. The van der Waals surface area contributed by atoms with Gasteiger partial charge in [0.25, 0.3) is 5.91 Å². The van der Waals surface area contributed by atoms with E-state index in [0.29, 0.717) is 32.7 Å². The fourth-order valence-corrected chi connectivity index (χ4v) is 3.12. The third kappa shape index (κ3) is 5.19. The number of hydrogen-bond acceptors (Lipinski definition) is 3. The molecule has 0 saturated heterocycles. The van der Waals surface area contributed by atoms with Gasteiger partial charge in [0.05, 0.1) is 5.69 Å². The molecule has 28 heavy (non-hydrogen) atoms. The predicted octanol–water partition coefficient (Wildman–Crippen LogP) is 6.13. The van der Waals surface area contributed by atoms with E-state index in [1.54, 1.807) is 54.6 Å². The summed E-state index contributed by atoms with van der Waals surface area (Å²) in [6.45, 7) is 0. The van der Waals surface area contributed by atoms with Gasteiger partial charge >= 0.3 is 6.03 Å². The third-order valence-corrected chi connectivity index (χ3v) is 4.54. The highest BCUT2D eigenvalue weighted by Crippen LogP contribution is 2.24. The Bertz CT molecular complexity index is 995. The van der Waals surface area contributed by atoms with Gasteiger partial charge in [-0.25, -0.2) is 9.10 Å². The van der Waals surface area contributed by atoms with Crippen LogP contribution >= 0.6 is 36.0 Å². The Morgan fingerprint density at radius 3 is 2.14 bits per heavy atom. The summed E-state index contributed by atoms with van der Waals surface area (Å²) in [7, 11) is 0. The largest absolute Gasteiger partial charge is 0.336 e. The average Bonchev–Trinajstić information content (AvgIpc) is 2.67. The summed E-state index contributed by atoms with van der Waals surface area (Å²) in [5, 5.41) is 6.24. The normalized spacial score (nSPS) is 10.2. The van der Waals surface area contributed by atoms with Gasteiger partial charge in [-0.2, -0.15) is 0 Å². The molecule has 0 unspecified atom stereocenters. The number of halogens is 2. The first-order chi connectivity index (χ1) is 13.4. The number of benzene rings is 3. The Morgan fingerprint density at radius 1 is 0.786 bits per heavy atom. The Kier molecular flexibility index (Phi) is 6.46. The summed E-state index contributed by atoms with van der Waals surface area (Å²) in [6, 6.07) is 19.8. The van der Waals surface area contributed by atoms with Crippen molar-refractivity contribution in [2.45, 2.75) is 0 Å². The van der Waals surface area contributed by atoms with Crippen molar-refractivity contribution in [2.24, 2.45) is 0 Å². The highest BCUT2D eigenvalue weighted by molar-refractivity contribution is 7.82. The summed E-state index contributed by atoms with van der Waals surface area (Å²) >= 11 is 16.1. The van der Waals surface area contributed by atoms with Crippen LogP contribution in [-0.2, 0) is 0 Å². The second-order valence-electron chi connectivity index (χ2n) is 5.77. The second kappa shape index (κ2) is 9.01. The molecule has 0 fully saturated rings. The fourth-order valence-electron chi connectivity index (χ4n) is 2.42. The van der Waals surface area contributed by atoms with Crippen LogP contribution in [-0.4, -0.2) is 11.9 Å².